The molecule has 4 nitrogen and oxygen atoms in total. The van der Waals surface area contributed by atoms with Crippen molar-refractivity contribution in [3.8, 4) is 0 Å². The molecular weight excluding hydrogens is 292 g/mol. The van der Waals surface area contributed by atoms with Gasteiger partial charge in [-0.15, -0.1) is 11.3 Å². The molecule has 0 aliphatic rings. The van der Waals surface area contributed by atoms with Crippen molar-refractivity contribution in [3.05, 3.63) is 58.7 Å². The van der Waals surface area contributed by atoms with E-state index in [1.807, 2.05) is 42.5 Å². The van der Waals surface area contributed by atoms with Gasteiger partial charge in [0.15, 0.2) is 5.82 Å². The van der Waals surface area contributed by atoms with Crippen LogP contribution < -0.4 is 5.43 Å². The number of thiophene rings is 1. The van der Waals surface area contributed by atoms with Crippen molar-refractivity contribution in [1.82, 2.24) is 9.97 Å². The van der Waals surface area contributed by atoms with E-state index in [4.69, 9.17) is 0 Å². The number of hydrogen-bond acceptors (Lipinski definition) is 5. The van der Waals surface area contributed by atoms with Crippen LogP contribution in [0, 0.1) is 13.8 Å². The molecule has 5 heteroatoms. The zero-order chi connectivity index (χ0) is 15.4. The number of aromatic nitrogens is 2. The third-order valence-electron chi connectivity index (χ3n) is 3.38. The lowest BCUT2D eigenvalue weighted by Crippen LogP contribution is -1.94. The summed E-state index contributed by atoms with van der Waals surface area (Å²) in [6.45, 7) is 4.18. The molecule has 2 heterocycles. The molecule has 0 radical (unpaired) electrons. The van der Waals surface area contributed by atoms with Gasteiger partial charge in [0.1, 0.15) is 11.2 Å². The van der Waals surface area contributed by atoms with E-state index in [1.165, 1.54) is 10.4 Å². The molecule has 0 bridgehead atoms. The second kappa shape index (κ2) is 6.49. The minimum Gasteiger partial charge on any atom is -0.261 e. The zero-order valence-electron chi connectivity index (χ0n) is 12.4. The molecule has 0 unspecified atom stereocenters. The molecule has 0 atom stereocenters. The van der Waals surface area contributed by atoms with Crippen LogP contribution >= 0.6 is 11.3 Å². The minimum atomic E-state index is 0.746. The number of fused-ring (bicyclic) bond motifs is 1. The van der Waals surface area contributed by atoms with Crippen LogP contribution in [-0.2, 0) is 0 Å². The van der Waals surface area contributed by atoms with E-state index in [-0.39, 0.29) is 0 Å². The fourth-order valence-corrected chi connectivity index (χ4v) is 3.12. The smallest absolute Gasteiger partial charge is 0.158 e. The van der Waals surface area contributed by atoms with E-state index in [1.54, 1.807) is 23.9 Å². The molecule has 0 amide bonds. The van der Waals surface area contributed by atoms with E-state index in [0.717, 1.165) is 21.6 Å². The quantitative estimate of drug-likeness (QED) is 0.573. The lowest BCUT2D eigenvalue weighted by Gasteiger charge is -2.01. The van der Waals surface area contributed by atoms with Crippen LogP contribution in [0.1, 0.15) is 16.0 Å². The molecule has 3 aromatic rings. The normalized spacial score (nSPS) is 11.7. The van der Waals surface area contributed by atoms with Crippen molar-refractivity contribution in [2.75, 3.05) is 5.43 Å². The van der Waals surface area contributed by atoms with Crippen LogP contribution in [0.2, 0.25) is 0 Å². The Labute approximate surface area is 133 Å². The standard InChI is InChI=1S/C17H16N4S/c1-12-13(2)22-17-15(12)16(18-11-19-17)21-20-10-6-9-14-7-4-3-5-8-14/h3-11H,1-2H3,(H,18,19,21)/b9-6+,20-10+. The maximum absolute atomic E-state index is 4.31. The van der Waals surface area contributed by atoms with Gasteiger partial charge in [0.05, 0.1) is 5.39 Å². The van der Waals surface area contributed by atoms with Crippen LogP contribution in [0.4, 0.5) is 5.82 Å². The summed E-state index contributed by atoms with van der Waals surface area (Å²) in [7, 11) is 0. The topological polar surface area (TPSA) is 50.2 Å². The molecule has 110 valence electrons. The summed E-state index contributed by atoms with van der Waals surface area (Å²) >= 11 is 1.68. The lowest BCUT2D eigenvalue weighted by atomic mass is 10.2. The number of rotatable bonds is 4. The summed E-state index contributed by atoms with van der Waals surface area (Å²) < 4.78 is 0. The number of benzene rings is 1. The van der Waals surface area contributed by atoms with Crippen LogP contribution in [0.5, 0.6) is 0 Å². The summed E-state index contributed by atoms with van der Waals surface area (Å²) in [6, 6.07) is 10.1. The van der Waals surface area contributed by atoms with Gasteiger partial charge in [-0.05, 0) is 31.1 Å². The highest BCUT2D eigenvalue weighted by molar-refractivity contribution is 7.18. The molecule has 22 heavy (non-hydrogen) atoms. The average molecular weight is 308 g/mol. The number of hydrogen-bond donors (Lipinski definition) is 1. The summed E-state index contributed by atoms with van der Waals surface area (Å²) in [5.74, 6) is 0.746. The van der Waals surface area contributed by atoms with Gasteiger partial charge in [0, 0.05) is 11.1 Å². The first-order chi connectivity index (χ1) is 10.8. The first-order valence-electron chi connectivity index (χ1n) is 6.97. The predicted octanol–water partition coefficient (Wildman–Crippen LogP) is 4.42. The molecule has 0 saturated carbocycles. The fourth-order valence-electron chi connectivity index (χ4n) is 2.13. The number of hydrazone groups is 1. The van der Waals surface area contributed by atoms with Crippen LogP contribution in [-0.4, -0.2) is 16.2 Å². The first-order valence-corrected chi connectivity index (χ1v) is 7.79. The van der Waals surface area contributed by atoms with E-state index in [0.29, 0.717) is 0 Å². The zero-order valence-corrected chi connectivity index (χ0v) is 13.3. The van der Waals surface area contributed by atoms with Gasteiger partial charge >= 0.3 is 0 Å². The summed E-state index contributed by atoms with van der Waals surface area (Å²) in [5, 5.41) is 5.26. The molecule has 0 saturated heterocycles. The van der Waals surface area contributed by atoms with E-state index >= 15 is 0 Å². The highest BCUT2D eigenvalue weighted by Crippen LogP contribution is 2.32. The Morgan fingerprint density at radius 2 is 1.95 bits per heavy atom. The highest BCUT2D eigenvalue weighted by atomic mass is 32.1. The Hall–Kier alpha value is -2.53. The molecular formula is C17H16N4S. The van der Waals surface area contributed by atoms with Crippen molar-refractivity contribution in [3.63, 3.8) is 0 Å². The second-order valence-corrected chi connectivity index (χ2v) is 6.05. The van der Waals surface area contributed by atoms with Gasteiger partial charge < -0.3 is 0 Å². The molecule has 2 aromatic heterocycles. The molecule has 0 aliphatic carbocycles. The molecule has 0 fully saturated rings. The average Bonchev–Trinajstić information content (AvgIpc) is 2.83. The van der Waals surface area contributed by atoms with Crippen molar-refractivity contribution in [2.24, 2.45) is 5.10 Å². The largest absolute Gasteiger partial charge is 0.261 e. The number of allylic oxidation sites excluding steroid dienone is 1. The van der Waals surface area contributed by atoms with E-state index < -0.39 is 0 Å². The lowest BCUT2D eigenvalue weighted by molar-refractivity contribution is 1.19. The highest BCUT2D eigenvalue weighted by Gasteiger charge is 2.10. The van der Waals surface area contributed by atoms with Crippen molar-refractivity contribution >= 4 is 39.7 Å². The Morgan fingerprint density at radius 3 is 2.77 bits per heavy atom. The van der Waals surface area contributed by atoms with E-state index in [9.17, 15) is 0 Å². The Morgan fingerprint density at radius 1 is 1.14 bits per heavy atom. The third kappa shape index (κ3) is 3.04. The Balaban J connectivity index is 1.74. The Bertz CT molecular complexity index is 834. The fraction of sp³-hybridized carbons (Fsp3) is 0.118. The molecule has 0 aliphatic heterocycles. The molecule has 1 aromatic carbocycles. The van der Waals surface area contributed by atoms with Gasteiger partial charge in [0.2, 0.25) is 0 Å². The van der Waals surface area contributed by atoms with Crippen molar-refractivity contribution < 1.29 is 0 Å². The first kappa shape index (κ1) is 14.4. The van der Waals surface area contributed by atoms with Crippen molar-refractivity contribution in [2.45, 2.75) is 13.8 Å². The van der Waals surface area contributed by atoms with Crippen LogP contribution in [0.3, 0.4) is 0 Å². The number of aryl methyl sites for hydroxylation is 2. The van der Waals surface area contributed by atoms with Gasteiger partial charge in [0.25, 0.3) is 0 Å². The molecule has 0 spiro atoms. The SMILES string of the molecule is Cc1sc2ncnc(N/N=C/C=C/c3ccccc3)c2c1C. The summed E-state index contributed by atoms with van der Waals surface area (Å²) in [6.07, 6.45) is 7.18. The van der Waals surface area contributed by atoms with Gasteiger partial charge in [-0.3, -0.25) is 5.43 Å². The van der Waals surface area contributed by atoms with Gasteiger partial charge in [-0.1, -0.05) is 36.4 Å². The molecule has 1 N–H and O–H groups in total. The third-order valence-corrected chi connectivity index (χ3v) is 4.50. The Kier molecular flexibility index (Phi) is 4.25. The van der Waals surface area contributed by atoms with Crippen LogP contribution in [0.15, 0.2) is 47.8 Å². The minimum absolute atomic E-state index is 0.746. The van der Waals surface area contributed by atoms with Gasteiger partial charge in [-0.2, -0.15) is 5.10 Å². The van der Waals surface area contributed by atoms with Crippen LogP contribution in [0.25, 0.3) is 16.3 Å². The summed E-state index contributed by atoms with van der Waals surface area (Å²) in [5.41, 5.74) is 5.35. The van der Waals surface area contributed by atoms with E-state index in [2.05, 4.69) is 34.3 Å². The number of nitrogens with zero attached hydrogens (tertiary/aromatic N) is 3. The maximum atomic E-state index is 4.31. The molecule has 3 rings (SSSR count). The second-order valence-electron chi connectivity index (χ2n) is 4.85. The predicted molar refractivity (Wildman–Crippen MR) is 94.5 cm³/mol. The van der Waals surface area contributed by atoms with Gasteiger partial charge in [-0.25, -0.2) is 9.97 Å². The number of anilines is 1. The summed E-state index contributed by atoms with van der Waals surface area (Å²) in [4.78, 5) is 10.8. The van der Waals surface area contributed by atoms with Crippen molar-refractivity contribution in [1.29, 1.82) is 0 Å². The number of nitrogens with one attached hydrogen (secondary N) is 1. The monoisotopic (exact) mass is 308 g/mol. The maximum Gasteiger partial charge on any atom is 0.158 e.